The number of methoxy groups -OCH3 is 1. The number of ether oxygens (including phenoxy) is 2. The molecule has 0 spiro atoms. The van der Waals surface area contributed by atoms with Gasteiger partial charge in [0.2, 0.25) is 0 Å². The Hall–Kier alpha value is -1.97. The van der Waals surface area contributed by atoms with Crippen LogP contribution in [0.5, 0.6) is 11.5 Å². The molecule has 0 saturated carbocycles. The highest BCUT2D eigenvalue weighted by molar-refractivity contribution is 14.0. The van der Waals surface area contributed by atoms with Crippen molar-refractivity contribution in [1.29, 1.82) is 0 Å². The fourth-order valence-corrected chi connectivity index (χ4v) is 2.45. The van der Waals surface area contributed by atoms with Crippen molar-refractivity contribution >= 4 is 29.9 Å². The van der Waals surface area contributed by atoms with Crippen molar-refractivity contribution in [3.8, 4) is 11.5 Å². The van der Waals surface area contributed by atoms with E-state index in [-0.39, 0.29) is 30.1 Å². The fourth-order valence-electron chi connectivity index (χ4n) is 2.45. The standard InChI is InChI=1S/C18H27N5O2.HI/c1-14(25-17-8-6-16(24-5)7-9-17)10-20-18(19-2)22(3)12-15-11-21-23(4)13-15;/h6-9,11,13-14H,10,12H2,1-5H3,(H,19,20);1H. The molecule has 7 nitrogen and oxygen atoms in total. The fraction of sp³-hybridized carbons (Fsp3) is 0.444. The van der Waals surface area contributed by atoms with E-state index in [0.717, 1.165) is 29.6 Å². The third kappa shape index (κ3) is 6.74. The number of benzene rings is 1. The minimum atomic E-state index is -0.00284. The summed E-state index contributed by atoms with van der Waals surface area (Å²) < 4.78 is 12.9. The number of aromatic nitrogens is 2. The second kappa shape index (κ2) is 10.9. The Kier molecular flexibility index (Phi) is 9.25. The van der Waals surface area contributed by atoms with Crippen molar-refractivity contribution in [1.82, 2.24) is 20.0 Å². The Morgan fingerprint density at radius 3 is 2.50 bits per heavy atom. The quantitative estimate of drug-likeness (QED) is 0.381. The SMILES string of the molecule is CN=C(NCC(C)Oc1ccc(OC)cc1)N(C)Cc1cnn(C)c1.I. The molecule has 2 aromatic rings. The van der Waals surface area contributed by atoms with Crippen molar-refractivity contribution in [2.45, 2.75) is 19.6 Å². The Labute approximate surface area is 172 Å². The molecule has 8 heteroatoms. The first-order chi connectivity index (χ1) is 12.0. The van der Waals surface area contributed by atoms with Crippen molar-refractivity contribution in [2.24, 2.45) is 12.0 Å². The number of guanidine groups is 1. The molecule has 1 unspecified atom stereocenters. The van der Waals surface area contributed by atoms with Gasteiger partial charge in [0.05, 0.1) is 19.9 Å². The molecule has 1 N–H and O–H groups in total. The zero-order valence-corrected chi connectivity index (χ0v) is 18.3. The van der Waals surface area contributed by atoms with E-state index in [1.165, 1.54) is 0 Å². The van der Waals surface area contributed by atoms with Gasteiger partial charge in [-0.2, -0.15) is 5.10 Å². The van der Waals surface area contributed by atoms with Gasteiger partial charge in [-0.05, 0) is 31.2 Å². The first-order valence-electron chi connectivity index (χ1n) is 8.22. The monoisotopic (exact) mass is 473 g/mol. The van der Waals surface area contributed by atoms with Crippen LogP contribution < -0.4 is 14.8 Å². The number of aryl methyl sites for hydroxylation is 1. The summed E-state index contributed by atoms with van der Waals surface area (Å²) >= 11 is 0. The Morgan fingerprint density at radius 1 is 1.31 bits per heavy atom. The predicted molar refractivity (Wildman–Crippen MR) is 115 cm³/mol. The van der Waals surface area contributed by atoms with Crippen molar-refractivity contribution in [3.05, 3.63) is 42.2 Å². The predicted octanol–water partition coefficient (Wildman–Crippen LogP) is 2.52. The highest BCUT2D eigenvalue weighted by Crippen LogP contribution is 2.18. The molecule has 26 heavy (non-hydrogen) atoms. The Bertz CT molecular complexity index is 687. The van der Waals surface area contributed by atoms with Gasteiger partial charge >= 0.3 is 0 Å². The number of halogens is 1. The molecule has 0 amide bonds. The highest BCUT2D eigenvalue weighted by Gasteiger charge is 2.10. The van der Waals surface area contributed by atoms with Gasteiger partial charge in [-0.1, -0.05) is 0 Å². The largest absolute Gasteiger partial charge is 0.497 e. The van der Waals surface area contributed by atoms with Crippen LogP contribution in [0.1, 0.15) is 12.5 Å². The van der Waals surface area contributed by atoms with Crippen LogP contribution in [-0.4, -0.2) is 54.5 Å². The minimum Gasteiger partial charge on any atom is -0.497 e. The molecule has 2 rings (SSSR count). The van der Waals surface area contributed by atoms with E-state index in [4.69, 9.17) is 9.47 Å². The topological polar surface area (TPSA) is 63.9 Å². The number of nitrogens with zero attached hydrogens (tertiary/aromatic N) is 4. The lowest BCUT2D eigenvalue weighted by molar-refractivity contribution is 0.222. The van der Waals surface area contributed by atoms with E-state index in [9.17, 15) is 0 Å². The minimum absolute atomic E-state index is 0. The average Bonchev–Trinajstić information content (AvgIpc) is 3.01. The molecule has 0 saturated heterocycles. The number of hydrogen-bond donors (Lipinski definition) is 1. The molecule has 144 valence electrons. The summed E-state index contributed by atoms with van der Waals surface area (Å²) in [5.41, 5.74) is 1.13. The molecule has 1 aromatic carbocycles. The third-order valence-corrected chi connectivity index (χ3v) is 3.70. The molecular formula is C18H28IN5O2. The number of nitrogens with one attached hydrogen (secondary N) is 1. The molecule has 1 aromatic heterocycles. The van der Waals surface area contributed by atoms with Gasteiger partial charge in [-0.3, -0.25) is 9.67 Å². The van der Waals surface area contributed by atoms with E-state index < -0.39 is 0 Å². The first kappa shape index (κ1) is 22.1. The molecular weight excluding hydrogens is 445 g/mol. The van der Waals surface area contributed by atoms with Gasteiger partial charge in [0.1, 0.15) is 17.6 Å². The molecule has 1 atom stereocenters. The molecule has 0 bridgehead atoms. The van der Waals surface area contributed by atoms with E-state index in [0.29, 0.717) is 6.54 Å². The van der Waals surface area contributed by atoms with Gasteiger partial charge in [-0.15, -0.1) is 24.0 Å². The second-order valence-electron chi connectivity index (χ2n) is 5.91. The van der Waals surface area contributed by atoms with Crippen LogP contribution in [0.25, 0.3) is 0 Å². The molecule has 0 aliphatic carbocycles. The van der Waals surface area contributed by atoms with E-state index in [1.54, 1.807) is 18.8 Å². The second-order valence-corrected chi connectivity index (χ2v) is 5.91. The number of rotatable bonds is 7. The van der Waals surface area contributed by atoms with E-state index in [2.05, 4.69) is 20.3 Å². The molecule has 1 heterocycles. The van der Waals surface area contributed by atoms with Gasteiger partial charge in [0, 0.05) is 39.4 Å². The lowest BCUT2D eigenvalue weighted by Crippen LogP contribution is -2.42. The maximum absolute atomic E-state index is 5.91. The van der Waals surface area contributed by atoms with Crippen LogP contribution in [0.2, 0.25) is 0 Å². The van der Waals surface area contributed by atoms with Gasteiger partial charge in [0.25, 0.3) is 0 Å². The maximum Gasteiger partial charge on any atom is 0.193 e. The first-order valence-corrected chi connectivity index (χ1v) is 8.22. The van der Waals surface area contributed by atoms with Crippen LogP contribution in [0, 0.1) is 0 Å². The van der Waals surface area contributed by atoms with Crippen LogP contribution in [0.3, 0.4) is 0 Å². The number of hydrogen-bond acceptors (Lipinski definition) is 4. The zero-order chi connectivity index (χ0) is 18.2. The summed E-state index contributed by atoms with van der Waals surface area (Å²) in [5, 5.41) is 7.53. The van der Waals surface area contributed by atoms with Crippen LogP contribution in [0.4, 0.5) is 0 Å². The van der Waals surface area contributed by atoms with Crippen molar-refractivity contribution in [3.63, 3.8) is 0 Å². The Balaban J connectivity index is 0.00000338. The van der Waals surface area contributed by atoms with Crippen LogP contribution in [-0.2, 0) is 13.6 Å². The summed E-state index contributed by atoms with van der Waals surface area (Å²) in [6.07, 6.45) is 3.86. The average molecular weight is 473 g/mol. The highest BCUT2D eigenvalue weighted by atomic mass is 127. The van der Waals surface area contributed by atoms with Gasteiger partial charge < -0.3 is 19.7 Å². The summed E-state index contributed by atoms with van der Waals surface area (Å²) in [6, 6.07) is 7.57. The normalized spacial score (nSPS) is 12.1. The lowest BCUT2D eigenvalue weighted by atomic mass is 10.3. The van der Waals surface area contributed by atoms with Gasteiger partial charge in [-0.25, -0.2) is 0 Å². The molecule has 0 aliphatic rings. The molecule has 0 aliphatic heterocycles. The van der Waals surface area contributed by atoms with Crippen molar-refractivity contribution in [2.75, 3.05) is 27.7 Å². The zero-order valence-electron chi connectivity index (χ0n) is 16.0. The van der Waals surface area contributed by atoms with Crippen LogP contribution >= 0.6 is 24.0 Å². The van der Waals surface area contributed by atoms with E-state index in [1.807, 2.05) is 57.7 Å². The summed E-state index contributed by atoms with van der Waals surface area (Å²) in [7, 11) is 7.33. The maximum atomic E-state index is 5.91. The Morgan fingerprint density at radius 2 is 1.96 bits per heavy atom. The van der Waals surface area contributed by atoms with Gasteiger partial charge in [0.15, 0.2) is 5.96 Å². The van der Waals surface area contributed by atoms with Crippen molar-refractivity contribution < 1.29 is 9.47 Å². The summed E-state index contributed by atoms with van der Waals surface area (Å²) in [4.78, 5) is 6.38. The smallest absolute Gasteiger partial charge is 0.193 e. The molecule has 0 radical (unpaired) electrons. The summed E-state index contributed by atoms with van der Waals surface area (Å²) in [5.74, 6) is 2.44. The lowest BCUT2D eigenvalue weighted by Gasteiger charge is -2.23. The summed E-state index contributed by atoms with van der Waals surface area (Å²) in [6.45, 7) is 3.41. The number of aliphatic imine (C=N–C) groups is 1. The van der Waals surface area contributed by atoms with Crippen LogP contribution in [0.15, 0.2) is 41.7 Å². The third-order valence-electron chi connectivity index (χ3n) is 3.70. The molecule has 0 fully saturated rings. The van der Waals surface area contributed by atoms with E-state index >= 15 is 0 Å².